The molecule has 6 heteroatoms. The normalized spacial score (nSPS) is 15.5. The van der Waals surface area contributed by atoms with Crippen LogP contribution in [0.3, 0.4) is 0 Å². The summed E-state index contributed by atoms with van der Waals surface area (Å²) in [6.07, 6.45) is 3.27. The molecule has 0 fully saturated rings. The van der Waals surface area contributed by atoms with Gasteiger partial charge in [-0.3, -0.25) is 4.79 Å². The van der Waals surface area contributed by atoms with E-state index in [1.54, 1.807) is 18.2 Å². The minimum absolute atomic E-state index is 0.0584. The Balaban J connectivity index is 2.25. The summed E-state index contributed by atoms with van der Waals surface area (Å²) in [6, 6.07) is 6.50. The number of Topliss-reactive ketones (excluding diaryl/α,β-unsaturated/α-hetero) is 1. The molecule has 0 aliphatic carbocycles. The SMILES string of the molecule is [B]C1([B])C=Cc2ccc3cc(C(=O)CO)c(O)cc3c2O1. The number of ether oxygens (including phenoxy) is 1. The molecule has 100 valence electrons. The number of aliphatic hydroxyl groups excluding tert-OH is 1. The number of hydrogen-bond donors (Lipinski definition) is 2. The number of hydrogen-bond acceptors (Lipinski definition) is 4. The van der Waals surface area contributed by atoms with Crippen molar-refractivity contribution >= 4 is 38.3 Å². The number of carbonyl (C=O) groups excluding carboxylic acids is 1. The van der Waals surface area contributed by atoms with Crippen LogP contribution in [0.15, 0.2) is 30.3 Å². The Morgan fingerprint density at radius 3 is 2.76 bits per heavy atom. The second-order valence-corrected chi connectivity index (χ2v) is 4.94. The van der Waals surface area contributed by atoms with Crippen LogP contribution in [0, 0.1) is 0 Å². The first kappa shape index (κ1) is 13.8. The van der Waals surface area contributed by atoms with E-state index in [4.69, 9.17) is 25.5 Å². The topological polar surface area (TPSA) is 66.8 Å². The summed E-state index contributed by atoms with van der Waals surface area (Å²) in [5.41, 5.74) is 0.831. The molecule has 0 unspecified atom stereocenters. The molecule has 3 rings (SSSR count). The van der Waals surface area contributed by atoms with E-state index in [0.29, 0.717) is 16.5 Å². The third-order valence-electron chi connectivity index (χ3n) is 3.36. The maximum absolute atomic E-state index is 11.6. The second-order valence-electron chi connectivity index (χ2n) is 4.94. The van der Waals surface area contributed by atoms with E-state index < -0.39 is 17.8 Å². The van der Waals surface area contributed by atoms with E-state index in [0.717, 1.165) is 5.56 Å². The molecule has 0 saturated carbocycles. The Kier molecular flexibility index (Phi) is 3.06. The van der Waals surface area contributed by atoms with Crippen molar-refractivity contribution in [1.29, 1.82) is 0 Å². The van der Waals surface area contributed by atoms with Crippen molar-refractivity contribution in [3.8, 4) is 11.5 Å². The van der Waals surface area contributed by atoms with Gasteiger partial charge in [0.1, 0.15) is 33.8 Å². The maximum atomic E-state index is 11.6. The summed E-state index contributed by atoms with van der Waals surface area (Å²) in [5.74, 6) is -0.342. The molecule has 1 heterocycles. The molecule has 0 aromatic heterocycles. The van der Waals surface area contributed by atoms with Gasteiger partial charge < -0.3 is 14.9 Å². The highest BCUT2D eigenvalue weighted by atomic mass is 16.5. The molecule has 4 radical (unpaired) electrons. The summed E-state index contributed by atoms with van der Waals surface area (Å²) in [7, 11) is 11.5. The van der Waals surface area contributed by atoms with Crippen molar-refractivity contribution in [3.63, 3.8) is 0 Å². The first-order valence-electron chi connectivity index (χ1n) is 6.31. The molecule has 0 amide bonds. The molecule has 2 aromatic carbocycles. The average Bonchev–Trinajstić information content (AvgIpc) is 2.45. The molecule has 21 heavy (non-hydrogen) atoms. The first-order valence-corrected chi connectivity index (χ1v) is 6.31. The van der Waals surface area contributed by atoms with Gasteiger partial charge >= 0.3 is 0 Å². The third-order valence-corrected chi connectivity index (χ3v) is 3.36. The van der Waals surface area contributed by atoms with Crippen molar-refractivity contribution in [3.05, 3.63) is 41.5 Å². The highest BCUT2D eigenvalue weighted by Gasteiger charge is 2.23. The Bertz CT molecular complexity index is 781. The van der Waals surface area contributed by atoms with Crippen molar-refractivity contribution in [2.45, 2.75) is 5.40 Å². The minimum Gasteiger partial charge on any atom is -0.507 e. The molecule has 0 bridgehead atoms. The van der Waals surface area contributed by atoms with Gasteiger partial charge in [-0.2, -0.15) is 0 Å². The predicted molar refractivity (Wildman–Crippen MR) is 80.9 cm³/mol. The van der Waals surface area contributed by atoms with E-state index in [2.05, 4.69) is 0 Å². The van der Waals surface area contributed by atoms with Crippen LogP contribution < -0.4 is 4.74 Å². The second kappa shape index (κ2) is 4.67. The monoisotopic (exact) mass is 276 g/mol. The van der Waals surface area contributed by atoms with E-state index in [1.165, 1.54) is 18.2 Å². The van der Waals surface area contributed by atoms with E-state index in [-0.39, 0.29) is 11.3 Å². The lowest BCUT2D eigenvalue weighted by molar-refractivity contribution is 0.0901. The maximum Gasteiger partial charge on any atom is 0.191 e. The largest absolute Gasteiger partial charge is 0.507 e. The van der Waals surface area contributed by atoms with Crippen LogP contribution in [0.4, 0.5) is 0 Å². The van der Waals surface area contributed by atoms with Gasteiger partial charge in [0.05, 0.1) is 5.56 Å². The van der Waals surface area contributed by atoms with Crippen LogP contribution >= 0.6 is 0 Å². The molecular weight excluding hydrogens is 266 g/mol. The van der Waals surface area contributed by atoms with Gasteiger partial charge in [-0.25, -0.2) is 0 Å². The average molecular weight is 276 g/mol. The third kappa shape index (κ3) is 2.32. The lowest BCUT2D eigenvalue weighted by Crippen LogP contribution is -2.36. The van der Waals surface area contributed by atoms with Crippen LogP contribution in [-0.4, -0.2) is 43.7 Å². The molecule has 1 aliphatic rings. The fourth-order valence-corrected chi connectivity index (χ4v) is 2.33. The zero-order valence-corrected chi connectivity index (χ0v) is 11.0. The van der Waals surface area contributed by atoms with Gasteiger partial charge in [0, 0.05) is 16.3 Å². The molecule has 2 N–H and O–H groups in total. The van der Waals surface area contributed by atoms with E-state index >= 15 is 0 Å². The van der Waals surface area contributed by atoms with Gasteiger partial charge in [-0.1, -0.05) is 24.3 Å². The molecular formula is C15H10B2O4. The minimum atomic E-state index is -1.42. The number of benzene rings is 2. The molecule has 0 atom stereocenters. The van der Waals surface area contributed by atoms with Crippen LogP contribution in [0.5, 0.6) is 11.5 Å². The number of fused-ring (bicyclic) bond motifs is 3. The Morgan fingerprint density at radius 1 is 1.29 bits per heavy atom. The highest BCUT2D eigenvalue weighted by molar-refractivity contribution is 6.41. The van der Waals surface area contributed by atoms with Crippen LogP contribution in [0.25, 0.3) is 16.8 Å². The summed E-state index contributed by atoms with van der Waals surface area (Å²) < 4.78 is 5.54. The summed E-state index contributed by atoms with van der Waals surface area (Å²) in [4.78, 5) is 11.6. The molecule has 0 spiro atoms. The Hall–Kier alpha value is -2.20. The van der Waals surface area contributed by atoms with Crippen molar-refractivity contribution < 1.29 is 19.7 Å². The van der Waals surface area contributed by atoms with Crippen LogP contribution in [0.1, 0.15) is 15.9 Å². The number of phenols is 1. The van der Waals surface area contributed by atoms with Gasteiger partial charge in [-0.05, 0) is 17.5 Å². The summed E-state index contributed by atoms with van der Waals surface area (Å²) in [5, 5.41) is 18.7. The standard InChI is InChI=1S/C15H10B2O4/c16-15(17)4-3-8-1-2-9-5-11(13(20)7-18)12(19)6-10(9)14(8)21-15/h1-6,18-19H,7H2. The van der Waals surface area contributed by atoms with Crippen LogP contribution in [0.2, 0.25) is 0 Å². The highest BCUT2D eigenvalue weighted by Crippen LogP contribution is 2.38. The van der Waals surface area contributed by atoms with Crippen LogP contribution in [-0.2, 0) is 0 Å². The first-order chi connectivity index (χ1) is 9.91. The number of carbonyl (C=O) groups is 1. The zero-order valence-electron chi connectivity index (χ0n) is 11.0. The predicted octanol–water partition coefficient (Wildman–Crippen LogP) is 1.12. The lowest BCUT2D eigenvalue weighted by Gasteiger charge is -2.30. The van der Waals surface area contributed by atoms with E-state index in [9.17, 15) is 9.90 Å². The Morgan fingerprint density at radius 2 is 2.05 bits per heavy atom. The summed E-state index contributed by atoms with van der Waals surface area (Å²) >= 11 is 0. The van der Waals surface area contributed by atoms with Gasteiger partial charge in [-0.15, -0.1) is 0 Å². The number of phenolic OH excluding ortho intramolecular Hbond substituents is 1. The van der Waals surface area contributed by atoms with Gasteiger partial charge in [0.15, 0.2) is 5.78 Å². The molecule has 1 aliphatic heterocycles. The number of aromatic hydroxyl groups is 1. The smallest absolute Gasteiger partial charge is 0.191 e. The Labute approximate surface area is 123 Å². The lowest BCUT2D eigenvalue weighted by atomic mass is 9.64. The fourth-order valence-electron chi connectivity index (χ4n) is 2.33. The molecule has 4 nitrogen and oxygen atoms in total. The van der Waals surface area contributed by atoms with Crippen molar-refractivity contribution in [2.24, 2.45) is 0 Å². The van der Waals surface area contributed by atoms with Crippen molar-refractivity contribution in [2.75, 3.05) is 6.61 Å². The molecule has 2 aromatic rings. The van der Waals surface area contributed by atoms with Gasteiger partial charge in [0.25, 0.3) is 0 Å². The number of ketones is 1. The van der Waals surface area contributed by atoms with E-state index in [1.807, 2.05) is 0 Å². The number of aliphatic hydroxyl groups is 1. The van der Waals surface area contributed by atoms with Crippen molar-refractivity contribution in [1.82, 2.24) is 0 Å². The number of rotatable bonds is 2. The fraction of sp³-hybridized carbons (Fsp3) is 0.133. The van der Waals surface area contributed by atoms with Gasteiger partial charge in [0.2, 0.25) is 0 Å². The quantitative estimate of drug-likeness (QED) is 0.637. The zero-order chi connectivity index (χ0) is 15.2. The molecule has 0 saturated heterocycles. The summed E-state index contributed by atoms with van der Waals surface area (Å²) in [6.45, 7) is -0.669.